The smallest absolute Gasteiger partial charge is 0.409 e. The van der Waals surface area contributed by atoms with Gasteiger partial charge in [0.15, 0.2) is 0 Å². The highest BCUT2D eigenvalue weighted by Gasteiger charge is 2.00. The minimum Gasteiger partial charge on any atom is -0.410 e. The third-order valence-corrected chi connectivity index (χ3v) is 2.14. The van der Waals surface area contributed by atoms with Crippen LogP contribution in [0.25, 0.3) is 0 Å². The number of rotatable bonds is 1. The fourth-order valence-corrected chi connectivity index (χ4v) is 2.25. The average molecular weight is 342 g/mol. The Balaban J connectivity index is 2.93. The highest BCUT2D eigenvalue weighted by atomic mass is 127. The second kappa shape index (κ2) is 4.08. The molecule has 64 valence electrons. The van der Waals surface area contributed by atoms with E-state index in [0.717, 1.165) is 8.04 Å². The Morgan fingerprint density at radius 2 is 2.17 bits per heavy atom. The van der Waals surface area contributed by atoms with Crippen LogP contribution in [0.4, 0.5) is 4.79 Å². The summed E-state index contributed by atoms with van der Waals surface area (Å²) in [7, 11) is 0. The molecule has 0 unspecified atom stereocenters. The van der Waals surface area contributed by atoms with E-state index in [4.69, 9.17) is 5.73 Å². The zero-order valence-electron chi connectivity index (χ0n) is 5.88. The van der Waals surface area contributed by atoms with Crippen molar-refractivity contribution in [2.75, 3.05) is 0 Å². The Hall–Kier alpha value is -0.300. The summed E-state index contributed by atoms with van der Waals surface area (Å²) >= 11 is 5.38. The maximum Gasteiger partial charge on any atom is 0.409 e. The molecule has 0 aromatic heterocycles. The monoisotopic (exact) mass is 341 g/mol. The molecule has 0 aliphatic rings. The van der Waals surface area contributed by atoms with Crippen LogP contribution in [0.3, 0.4) is 0 Å². The minimum absolute atomic E-state index is 0.446. The van der Waals surface area contributed by atoms with E-state index in [2.05, 4.69) is 43.3 Å². The summed E-state index contributed by atoms with van der Waals surface area (Å²) in [6.07, 6.45) is -0.802. The molecule has 0 aliphatic carbocycles. The first-order valence-corrected chi connectivity index (χ1v) is 4.88. The predicted molar refractivity (Wildman–Crippen MR) is 57.1 cm³/mol. The number of primary amides is 1. The molecule has 1 amide bonds. The number of benzene rings is 1. The van der Waals surface area contributed by atoms with Gasteiger partial charge in [-0.1, -0.05) is 15.9 Å². The van der Waals surface area contributed by atoms with Gasteiger partial charge in [0.05, 0.1) is 0 Å². The fraction of sp³-hybridized carbons (Fsp3) is 0. The number of nitrogens with two attached hydrogens (primary N) is 1. The molecule has 0 heterocycles. The summed E-state index contributed by atoms with van der Waals surface area (Å²) in [5.74, 6) is 0.446. The molecule has 0 spiro atoms. The van der Waals surface area contributed by atoms with E-state index >= 15 is 0 Å². The van der Waals surface area contributed by atoms with Crippen LogP contribution < -0.4 is 10.5 Å². The summed E-state index contributed by atoms with van der Waals surface area (Å²) in [6, 6.07) is 5.29. The molecule has 3 nitrogen and oxygen atoms in total. The molecule has 0 saturated carbocycles. The van der Waals surface area contributed by atoms with E-state index < -0.39 is 6.09 Å². The molecular weight excluding hydrogens is 337 g/mol. The highest BCUT2D eigenvalue weighted by Crippen LogP contribution is 2.22. The lowest BCUT2D eigenvalue weighted by Crippen LogP contribution is -2.16. The highest BCUT2D eigenvalue weighted by molar-refractivity contribution is 14.1. The zero-order chi connectivity index (χ0) is 9.14. The number of ether oxygens (including phenoxy) is 1. The minimum atomic E-state index is -0.802. The van der Waals surface area contributed by atoms with Crippen LogP contribution >= 0.6 is 38.5 Å². The van der Waals surface area contributed by atoms with Crippen molar-refractivity contribution in [1.29, 1.82) is 0 Å². The number of carbonyl (C=O) groups excluding carboxylic acids is 1. The fourth-order valence-electron chi connectivity index (χ4n) is 0.704. The topological polar surface area (TPSA) is 52.3 Å². The summed E-state index contributed by atoms with van der Waals surface area (Å²) in [5.41, 5.74) is 4.85. The van der Waals surface area contributed by atoms with Gasteiger partial charge in [0.25, 0.3) is 0 Å². The van der Waals surface area contributed by atoms with Crippen molar-refractivity contribution in [2.24, 2.45) is 5.73 Å². The molecule has 12 heavy (non-hydrogen) atoms. The van der Waals surface area contributed by atoms with Gasteiger partial charge < -0.3 is 10.5 Å². The first-order valence-electron chi connectivity index (χ1n) is 3.01. The maximum atomic E-state index is 10.4. The van der Waals surface area contributed by atoms with Gasteiger partial charge in [0, 0.05) is 8.04 Å². The van der Waals surface area contributed by atoms with Crippen molar-refractivity contribution >= 4 is 44.6 Å². The van der Waals surface area contributed by atoms with Crippen LogP contribution in [0.1, 0.15) is 0 Å². The second-order valence-electron chi connectivity index (χ2n) is 2.03. The quantitative estimate of drug-likeness (QED) is 0.798. The van der Waals surface area contributed by atoms with Gasteiger partial charge >= 0.3 is 6.09 Å². The van der Waals surface area contributed by atoms with Crippen molar-refractivity contribution in [3.63, 3.8) is 0 Å². The lowest BCUT2D eigenvalue weighted by atomic mass is 10.3. The average Bonchev–Trinajstić information content (AvgIpc) is 1.81. The summed E-state index contributed by atoms with van der Waals surface area (Å²) in [4.78, 5) is 10.4. The van der Waals surface area contributed by atoms with Gasteiger partial charge in [0.1, 0.15) is 5.75 Å². The third-order valence-electron chi connectivity index (χ3n) is 1.05. The lowest BCUT2D eigenvalue weighted by Gasteiger charge is -2.01. The Morgan fingerprint density at radius 3 is 2.67 bits per heavy atom. The Kier molecular flexibility index (Phi) is 3.33. The molecule has 0 saturated heterocycles. The van der Waals surface area contributed by atoms with Crippen molar-refractivity contribution in [1.82, 2.24) is 0 Å². The Labute approximate surface area is 91.5 Å². The van der Waals surface area contributed by atoms with Gasteiger partial charge in [-0.15, -0.1) is 0 Å². The van der Waals surface area contributed by atoms with Crippen LogP contribution in [0.15, 0.2) is 22.7 Å². The number of halogens is 2. The predicted octanol–water partition coefficient (Wildman–Crippen LogP) is 2.51. The van der Waals surface area contributed by atoms with Crippen LogP contribution in [-0.4, -0.2) is 6.09 Å². The number of carbonyl (C=O) groups is 1. The summed E-state index contributed by atoms with van der Waals surface area (Å²) in [6.45, 7) is 0. The van der Waals surface area contributed by atoms with E-state index in [-0.39, 0.29) is 0 Å². The standard InChI is InChI=1S/C7H5BrINO2/c8-4-1-5(9)3-6(2-4)12-7(10)11/h1-3H,(H2,10,11). The van der Waals surface area contributed by atoms with E-state index in [9.17, 15) is 4.79 Å². The first-order chi connectivity index (χ1) is 5.58. The SMILES string of the molecule is NC(=O)Oc1cc(Br)cc(I)c1. The largest absolute Gasteiger partial charge is 0.410 e. The van der Waals surface area contributed by atoms with Crippen molar-refractivity contribution in [3.8, 4) is 5.75 Å². The molecule has 0 radical (unpaired) electrons. The van der Waals surface area contributed by atoms with Crippen LogP contribution in [0, 0.1) is 3.57 Å². The zero-order valence-corrected chi connectivity index (χ0v) is 9.63. The molecule has 1 rings (SSSR count). The first kappa shape index (κ1) is 9.79. The molecular formula is C7H5BrINO2. The molecule has 5 heteroatoms. The number of hydrogen-bond acceptors (Lipinski definition) is 2. The summed E-state index contributed by atoms with van der Waals surface area (Å²) in [5, 5.41) is 0. The molecule has 1 aromatic carbocycles. The second-order valence-corrected chi connectivity index (χ2v) is 4.19. The number of amides is 1. The summed E-state index contributed by atoms with van der Waals surface area (Å²) < 4.78 is 6.50. The Morgan fingerprint density at radius 1 is 1.50 bits per heavy atom. The van der Waals surface area contributed by atoms with Gasteiger partial charge in [-0.3, -0.25) is 0 Å². The normalized spacial score (nSPS) is 9.50. The van der Waals surface area contributed by atoms with E-state index in [0.29, 0.717) is 5.75 Å². The molecule has 2 N–H and O–H groups in total. The van der Waals surface area contributed by atoms with Crippen molar-refractivity contribution in [2.45, 2.75) is 0 Å². The van der Waals surface area contributed by atoms with Gasteiger partial charge in [-0.25, -0.2) is 4.79 Å². The maximum absolute atomic E-state index is 10.4. The third kappa shape index (κ3) is 2.98. The Bertz CT molecular complexity index is 296. The van der Waals surface area contributed by atoms with Gasteiger partial charge in [-0.05, 0) is 40.8 Å². The molecule has 0 fully saturated rings. The molecule has 0 atom stereocenters. The molecule has 0 aliphatic heterocycles. The van der Waals surface area contributed by atoms with Crippen LogP contribution in [0.5, 0.6) is 5.75 Å². The van der Waals surface area contributed by atoms with Crippen LogP contribution in [0.2, 0.25) is 0 Å². The van der Waals surface area contributed by atoms with E-state index in [1.807, 2.05) is 6.07 Å². The van der Waals surface area contributed by atoms with Gasteiger partial charge in [-0.2, -0.15) is 0 Å². The lowest BCUT2D eigenvalue weighted by molar-refractivity contribution is 0.211. The van der Waals surface area contributed by atoms with E-state index in [1.165, 1.54) is 0 Å². The number of hydrogen-bond donors (Lipinski definition) is 1. The molecule has 0 bridgehead atoms. The van der Waals surface area contributed by atoms with Crippen LogP contribution in [-0.2, 0) is 0 Å². The molecule has 1 aromatic rings. The van der Waals surface area contributed by atoms with Crippen molar-refractivity contribution in [3.05, 3.63) is 26.2 Å². The van der Waals surface area contributed by atoms with E-state index in [1.54, 1.807) is 12.1 Å². The van der Waals surface area contributed by atoms with Crippen molar-refractivity contribution < 1.29 is 9.53 Å². The van der Waals surface area contributed by atoms with Gasteiger partial charge in [0.2, 0.25) is 0 Å².